The Morgan fingerprint density at radius 2 is 1.10 bits per heavy atom. The average molecular weight is 683 g/mol. The summed E-state index contributed by atoms with van der Waals surface area (Å²) in [5, 5.41) is 20.1. The van der Waals surface area contributed by atoms with E-state index >= 15 is 0 Å². The summed E-state index contributed by atoms with van der Waals surface area (Å²) in [5.41, 5.74) is 12.4. The number of azo groups is 2. The number of nitrogen functional groups attached to an aromatic ring is 2. The zero-order valence-electron chi connectivity index (χ0n) is 25.2. The van der Waals surface area contributed by atoms with Gasteiger partial charge in [-0.25, -0.2) is 0 Å². The van der Waals surface area contributed by atoms with Gasteiger partial charge in [0.05, 0.1) is 11.4 Å². The van der Waals surface area contributed by atoms with Crippen molar-refractivity contribution >= 4 is 70.6 Å². The van der Waals surface area contributed by atoms with Gasteiger partial charge < -0.3 is 11.5 Å². The minimum absolute atomic E-state index is 0.316. The molecule has 0 amide bonds. The minimum Gasteiger partial charge on any atom is -0.398 e. The molecule has 6 N–H and O–H groups in total. The van der Waals surface area contributed by atoms with Crippen LogP contribution >= 0.6 is 0 Å². The second-order valence-electron chi connectivity index (χ2n) is 11.3. The van der Waals surface area contributed by atoms with Crippen molar-refractivity contribution < 1.29 is 25.9 Å². The van der Waals surface area contributed by atoms with Crippen LogP contribution in [0, 0.1) is 5.92 Å². The zero-order chi connectivity index (χ0) is 34.2. The largest absolute Gasteiger partial charge is 0.398 e. The number of nitrogens with two attached hydrogens (primary N) is 2. The normalized spacial score (nSPS) is 20.0. The van der Waals surface area contributed by atoms with Crippen LogP contribution in [-0.4, -0.2) is 35.7 Å². The molecule has 0 fully saturated rings. The number of rotatable bonds is 8. The van der Waals surface area contributed by atoms with E-state index in [0.717, 1.165) is 0 Å². The molecular formula is C34H30N6O6S2. The number of hydrogen-bond donors (Lipinski definition) is 4. The first-order valence-electron chi connectivity index (χ1n) is 14.6. The highest BCUT2D eigenvalue weighted by atomic mass is 32.3. The maximum Gasteiger partial charge on any atom is 0.288 e. The molecule has 0 bridgehead atoms. The molecule has 0 heterocycles. The molecule has 14 heteroatoms. The molecule has 0 saturated carbocycles. The van der Waals surface area contributed by atoms with Crippen LogP contribution in [0.1, 0.15) is 12.0 Å². The summed E-state index contributed by atoms with van der Waals surface area (Å²) in [6.45, 7) is 0. The summed E-state index contributed by atoms with van der Waals surface area (Å²) < 4.78 is 70.9. The molecule has 0 aromatic heterocycles. The molecule has 5 aromatic rings. The lowest BCUT2D eigenvalue weighted by Gasteiger charge is -2.39. The first-order chi connectivity index (χ1) is 22.8. The molecule has 0 radical (unpaired) electrons. The van der Waals surface area contributed by atoms with Gasteiger partial charge >= 0.3 is 0 Å². The molecule has 1 atom stereocenters. The van der Waals surface area contributed by atoms with Crippen LogP contribution in [0.25, 0.3) is 27.6 Å². The second kappa shape index (κ2) is 12.4. The van der Waals surface area contributed by atoms with Gasteiger partial charge in [0, 0.05) is 45.3 Å². The Balaban J connectivity index is 1.58. The Morgan fingerprint density at radius 1 is 0.646 bits per heavy atom. The Bertz CT molecular complexity index is 2250. The van der Waals surface area contributed by atoms with Crippen molar-refractivity contribution in [3.8, 4) is 0 Å². The van der Waals surface area contributed by atoms with E-state index in [1.807, 2.05) is 0 Å². The zero-order valence-corrected chi connectivity index (χ0v) is 26.8. The van der Waals surface area contributed by atoms with Crippen LogP contribution in [-0.2, 0) is 20.2 Å². The molecule has 48 heavy (non-hydrogen) atoms. The monoisotopic (exact) mass is 682 g/mol. The molecule has 12 nitrogen and oxygen atoms in total. The lowest BCUT2D eigenvalue weighted by Crippen LogP contribution is -2.56. The van der Waals surface area contributed by atoms with Crippen molar-refractivity contribution in [3.05, 3.63) is 127 Å². The Labute approximate surface area is 276 Å². The lowest BCUT2D eigenvalue weighted by molar-refractivity contribution is 0.334. The van der Waals surface area contributed by atoms with Crippen LogP contribution in [0.3, 0.4) is 0 Å². The van der Waals surface area contributed by atoms with Crippen LogP contribution in [0.5, 0.6) is 0 Å². The Hall–Kier alpha value is -5.28. The van der Waals surface area contributed by atoms with E-state index in [1.54, 1.807) is 103 Å². The van der Waals surface area contributed by atoms with Gasteiger partial charge in [0.15, 0.2) is 0 Å². The third-order valence-electron chi connectivity index (χ3n) is 8.29. The lowest BCUT2D eigenvalue weighted by atomic mass is 9.87. The summed E-state index contributed by atoms with van der Waals surface area (Å²) in [6, 6.07) is 29.3. The molecule has 1 aliphatic rings. The molecule has 1 unspecified atom stereocenters. The quantitative estimate of drug-likeness (QED) is 0.0556. The average Bonchev–Trinajstić information content (AvgIpc) is 3.07. The molecular weight excluding hydrogens is 653 g/mol. The first-order valence-corrected chi connectivity index (χ1v) is 17.5. The summed E-state index contributed by atoms with van der Waals surface area (Å²) in [6.07, 6.45) is 4.23. The molecule has 0 spiro atoms. The van der Waals surface area contributed by atoms with Gasteiger partial charge in [-0.1, -0.05) is 97.1 Å². The van der Waals surface area contributed by atoms with E-state index in [9.17, 15) is 25.9 Å². The summed E-state index contributed by atoms with van der Waals surface area (Å²) in [7, 11) is -11.2. The van der Waals surface area contributed by atoms with Crippen molar-refractivity contribution in [2.45, 2.75) is 16.2 Å². The summed E-state index contributed by atoms with van der Waals surface area (Å²) >= 11 is 0. The van der Waals surface area contributed by atoms with Gasteiger partial charge in [0.2, 0.25) is 9.74 Å². The van der Waals surface area contributed by atoms with Gasteiger partial charge in [-0.05, 0) is 35.9 Å². The van der Waals surface area contributed by atoms with E-state index in [2.05, 4.69) is 20.5 Å². The molecule has 6 rings (SSSR count). The molecule has 0 aliphatic heterocycles. The highest BCUT2D eigenvalue weighted by Crippen LogP contribution is 2.48. The smallest absolute Gasteiger partial charge is 0.288 e. The number of benzene rings is 5. The van der Waals surface area contributed by atoms with Crippen molar-refractivity contribution in [2.75, 3.05) is 11.5 Å². The predicted molar refractivity (Wildman–Crippen MR) is 187 cm³/mol. The van der Waals surface area contributed by atoms with Gasteiger partial charge in [0.25, 0.3) is 20.2 Å². The van der Waals surface area contributed by atoms with Crippen LogP contribution in [0.2, 0.25) is 0 Å². The number of fused-ring (bicyclic) bond motifs is 2. The van der Waals surface area contributed by atoms with Crippen LogP contribution < -0.4 is 11.5 Å². The fourth-order valence-corrected chi connectivity index (χ4v) is 8.68. The van der Waals surface area contributed by atoms with Gasteiger partial charge in [-0.2, -0.15) is 37.3 Å². The second-order valence-corrected chi connectivity index (χ2v) is 14.9. The Morgan fingerprint density at radius 3 is 1.58 bits per heavy atom. The molecule has 0 saturated heterocycles. The molecule has 5 aromatic carbocycles. The van der Waals surface area contributed by atoms with E-state index in [4.69, 9.17) is 11.5 Å². The first kappa shape index (κ1) is 32.7. The SMILES string of the molecule is Nc1ccc(N=NC2(N=Nc3ccc(N)c4ccccc34)C=CC(/C=C/c3ccccc3)C(S(=O)(=O)O)(S(=O)(=O)O)C2)c2ccccc12. The van der Waals surface area contributed by atoms with Crippen LogP contribution in [0.15, 0.2) is 142 Å². The number of allylic oxidation sites excluding steroid dienone is 2. The molecule has 244 valence electrons. The maximum atomic E-state index is 13.2. The minimum atomic E-state index is -5.59. The third kappa shape index (κ3) is 5.97. The summed E-state index contributed by atoms with van der Waals surface area (Å²) in [5.74, 6) is -1.57. The maximum absolute atomic E-state index is 13.2. The third-order valence-corrected chi connectivity index (χ3v) is 12.1. The number of anilines is 2. The topological polar surface area (TPSA) is 210 Å². The van der Waals surface area contributed by atoms with E-state index < -0.39 is 42.3 Å². The van der Waals surface area contributed by atoms with Crippen LogP contribution in [0.4, 0.5) is 22.7 Å². The predicted octanol–water partition coefficient (Wildman–Crippen LogP) is 7.48. The molecule has 1 aliphatic carbocycles. The van der Waals surface area contributed by atoms with Gasteiger partial charge in [-0.3, -0.25) is 9.11 Å². The fourth-order valence-electron chi connectivity index (χ4n) is 5.82. The Kier molecular flexibility index (Phi) is 8.43. The fraction of sp³-hybridized carbons (Fsp3) is 0.118. The highest BCUT2D eigenvalue weighted by molar-refractivity contribution is 8.05. The standard InChI is InChI=1S/C34H30N6O6S2/c35-29-16-18-31(27-12-6-4-10-25(27)29)37-39-33(40-38-32-19-17-30(36)26-11-5-7-13-28(26)32)21-20-24(15-14-23-8-2-1-3-9-23)34(22-33,47(41,42)43)48(44,45)46/h1-21,24H,22,35-36H2,(H,41,42,43)(H,44,45,46)/b15-14+,39-37?,40-38?. The van der Waals surface area contributed by atoms with Crippen molar-refractivity contribution in [2.24, 2.45) is 26.4 Å². The van der Waals surface area contributed by atoms with E-state index in [-0.39, 0.29) is 0 Å². The number of nitrogens with zero attached hydrogens (tertiary/aromatic N) is 4. The highest BCUT2D eigenvalue weighted by Gasteiger charge is 2.64. The van der Waals surface area contributed by atoms with E-state index in [0.29, 0.717) is 49.9 Å². The van der Waals surface area contributed by atoms with Gasteiger partial charge in [0.1, 0.15) is 0 Å². The van der Waals surface area contributed by atoms with Crippen molar-refractivity contribution in [1.29, 1.82) is 0 Å². The van der Waals surface area contributed by atoms with Crippen molar-refractivity contribution in [3.63, 3.8) is 0 Å². The van der Waals surface area contributed by atoms with Crippen molar-refractivity contribution in [1.82, 2.24) is 0 Å². The number of hydrogen-bond acceptors (Lipinski definition) is 10. The summed E-state index contributed by atoms with van der Waals surface area (Å²) in [4.78, 5) is 0. The van der Waals surface area contributed by atoms with Gasteiger partial charge in [-0.15, -0.1) is 0 Å². The van der Waals surface area contributed by atoms with E-state index in [1.165, 1.54) is 24.3 Å².